The fraction of sp³-hybridized carbons (Fsp3) is 0.211. The maximum atomic E-state index is 12.3. The highest BCUT2D eigenvalue weighted by molar-refractivity contribution is 6.30. The van der Waals surface area contributed by atoms with Crippen LogP contribution in [-0.2, 0) is 9.59 Å². The van der Waals surface area contributed by atoms with Crippen molar-refractivity contribution in [3.05, 3.63) is 64.7 Å². The van der Waals surface area contributed by atoms with Crippen molar-refractivity contribution in [3.8, 4) is 0 Å². The SMILES string of the molecule is CC(=O)NC(CC(=O)Nc1ccc(C(C)=O)cc1)c1cccc(Cl)c1. The van der Waals surface area contributed by atoms with Gasteiger partial charge in [0.05, 0.1) is 12.5 Å². The number of anilines is 1. The molecule has 0 bridgehead atoms. The van der Waals surface area contributed by atoms with E-state index >= 15 is 0 Å². The third-order valence-electron chi connectivity index (χ3n) is 3.59. The summed E-state index contributed by atoms with van der Waals surface area (Å²) in [5, 5.41) is 6.06. The lowest BCUT2D eigenvalue weighted by molar-refractivity contribution is -0.120. The Hall–Kier alpha value is -2.66. The van der Waals surface area contributed by atoms with Crippen LogP contribution in [0.2, 0.25) is 5.02 Å². The number of halogens is 1. The predicted molar refractivity (Wildman–Crippen MR) is 97.7 cm³/mol. The third-order valence-corrected chi connectivity index (χ3v) is 3.83. The summed E-state index contributed by atoms with van der Waals surface area (Å²) in [5.41, 5.74) is 1.92. The second-order valence-electron chi connectivity index (χ2n) is 5.69. The van der Waals surface area contributed by atoms with Crippen LogP contribution in [-0.4, -0.2) is 17.6 Å². The van der Waals surface area contributed by atoms with Gasteiger partial charge in [0, 0.05) is 23.2 Å². The summed E-state index contributed by atoms with van der Waals surface area (Å²) in [4.78, 5) is 35.0. The quantitative estimate of drug-likeness (QED) is 0.772. The molecule has 0 spiro atoms. The molecule has 2 aromatic rings. The smallest absolute Gasteiger partial charge is 0.226 e. The van der Waals surface area contributed by atoms with Crippen LogP contribution < -0.4 is 10.6 Å². The number of Topliss-reactive ketones (excluding diaryl/α,β-unsaturated/α-hetero) is 1. The average molecular weight is 359 g/mol. The van der Waals surface area contributed by atoms with E-state index in [1.165, 1.54) is 13.8 Å². The molecule has 130 valence electrons. The van der Waals surface area contributed by atoms with Gasteiger partial charge in [-0.15, -0.1) is 0 Å². The Morgan fingerprint density at radius 1 is 1.04 bits per heavy atom. The van der Waals surface area contributed by atoms with E-state index in [4.69, 9.17) is 11.6 Å². The van der Waals surface area contributed by atoms with Gasteiger partial charge in [-0.2, -0.15) is 0 Å². The Labute approximate surface area is 151 Å². The molecule has 2 rings (SSSR count). The summed E-state index contributed by atoms with van der Waals surface area (Å²) in [6, 6.07) is 13.2. The van der Waals surface area contributed by atoms with Crippen molar-refractivity contribution in [1.82, 2.24) is 5.32 Å². The number of carbonyl (C=O) groups is 3. The van der Waals surface area contributed by atoms with Crippen molar-refractivity contribution in [2.24, 2.45) is 0 Å². The summed E-state index contributed by atoms with van der Waals surface area (Å²) < 4.78 is 0. The van der Waals surface area contributed by atoms with E-state index in [2.05, 4.69) is 10.6 Å². The predicted octanol–water partition coefficient (Wildman–Crippen LogP) is 3.75. The molecule has 0 fully saturated rings. The van der Waals surface area contributed by atoms with Crippen LogP contribution in [0.5, 0.6) is 0 Å². The van der Waals surface area contributed by atoms with E-state index in [1.807, 2.05) is 0 Å². The molecular formula is C19H19ClN2O3. The molecular weight excluding hydrogens is 340 g/mol. The van der Waals surface area contributed by atoms with E-state index in [9.17, 15) is 14.4 Å². The van der Waals surface area contributed by atoms with Gasteiger partial charge in [-0.1, -0.05) is 23.7 Å². The van der Waals surface area contributed by atoms with Crippen molar-refractivity contribution in [3.63, 3.8) is 0 Å². The minimum atomic E-state index is -0.479. The van der Waals surface area contributed by atoms with E-state index in [0.717, 1.165) is 5.56 Å². The monoisotopic (exact) mass is 358 g/mol. The lowest BCUT2D eigenvalue weighted by Crippen LogP contribution is -2.29. The fourth-order valence-corrected chi connectivity index (χ4v) is 2.61. The molecule has 0 aliphatic rings. The Kier molecular flexibility index (Phi) is 6.31. The van der Waals surface area contributed by atoms with Gasteiger partial charge in [-0.3, -0.25) is 14.4 Å². The lowest BCUT2D eigenvalue weighted by atomic mass is 10.0. The number of amides is 2. The largest absolute Gasteiger partial charge is 0.349 e. The summed E-state index contributed by atoms with van der Waals surface area (Å²) in [7, 11) is 0. The molecule has 6 heteroatoms. The molecule has 0 radical (unpaired) electrons. The maximum Gasteiger partial charge on any atom is 0.226 e. The molecule has 0 aliphatic carbocycles. The van der Waals surface area contributed by atoms with Gasteiger partial charge in [0.1, 0.15) is 0 Å². The van der Waals surface area contributed by atoms with Crippen molar-refractivity contribution < 1.29 is 14.4 Å². The Morgan fingerprint density at radius 2 is 1.72 bits per heavy atom. The zero-order valence-electron chi connectivity index (χ0n) is 14.0. The summed E-state index contributed by atoms with van der Waals surface area (Å²) in [6.07, 6.45) is 0.0639. The minimum Gasteiger partial charge on any atom is -0.349 e. The summed E-state index contributed by atoms with van der Waals surface area (Å²) in [5.74, 6) is -0.526. The summed E-state index contributed by atoms with van der Waals surface area (Å²) >= 11 is 5.99. The standard InChI is InChI=1S/C19H19ClN2O3/c1-12(23)14-6-8-17(9-7-14)22-19(25)11-18(21-13(2)24)15-4-3-5-16(20)10-15/h3-10,18H,11H2,1-2H3,(H,21,24)(H,22,25). The van der Waals surface area contributed by atoms with Crippen LogP contribution in [0.1, 0.15) is 42.2 Å². The normalized spacial score (nSPS) is 11.5. The molecule has 2 N–H and O–H groups in total. The Bertz CT molecular complexity index is 788. The first-order chi connectivity index (χ1) is 11.8. The van der Waals surface area contributed by atoms with Gasteiger partial charge >= 0.3 is 0 Å². The molecule has 0 saturated carbocycles. The van der Waals surface area contributed by atoms with Crippen LogP contribution in [0.15, 0.2) is 48.5 Å². The zero-order valence-corrected chi connectivity index (χ0v) is 14.8. The molecule has 0 aliphatic heterocycles. The van der Waals surface area contributed by atoms with E-state index in [0.29, 0.717) is 16.3 Å². The maximum absolute atomic E-state index is 12.3. The highest BCUT2D eigenvalue weighted by Gasteiger charge is 2.17. The van der Waals surface area contributed by atoms with Gasteiger partial charge in [0.2, 0.25) is 11.8 Å². The molecule has 1 unspecified atom stereocenters. The molecule has 25 heavy (non-hydrogen) atoms. The zero-order chi connectivity index (χ0) is 18.4. The van der Waals surface area contributed by atoms with Gasteiger partial charge in [0.15, 0.2) is 5.78 Å². The second-order valence-corrected chi connectivity index (χ2v) is 6.13. The minimum absolute atomic E-state index is 0.0374. The Balaban J connectivity index is 2.08. The number of rotatable bonds is 6. The van der Waals surface area contributed by atoms with E-state index < -0.39 is 6.04 Å². The van der Waals surface area contributed by atoms with Crippen LogP contribution >= 0.6 is 11.6 Å². The molecule has 0 aromatic heterocycles. The lowest BCUT2D eigenvalue weighted by Gasteiger charge is -2.18. The number of benzene rings is 2. The number of hydrogen-bond donors (Lipinski definition) is 2. The first kappa shape index (κ1) is 18.7. The number of hydrogen-bond acceptors (Lipinski definition) is 3. The van der Waals surface area contributed by atoms with Gasteiger partial charge in [-0.05, 0) is 48.9 Å². The van der Waals surface area contributed by atoms with E-state index in [-0.39, 0.29) is 24.0 Å². The summed E-state index contributed by atoms with van der Waals surface area (Å²) in [6.45, 7) is 2.88. The fourth-order valence-electron chi connectivity index (χ4n) is 2.41. The van der Waals surface area contributed by atoms with Gasteiger partial charge < -0.3 is 10.6 Å². The van der Waals surface area contributed by atoms with Crippen molar-refractivity contribution in [2.75, 3.05) is 5.32 Å². The van der Waals surface area contributed by atoms with Crippen molar-refractivity contribution >= 4 is 34.9 Å². The third kappa shape index (κ3) is 5.72. The number of carbonyl (C=O) groups excluding carboxylic acids is 3. The van der Waals surface area contributed by atoms with Crippen molar-refractivity contribution in [2.45, 2.75) is 26.3 Å². The molecule has 1 atom stereocenters. The van der Waals surface area contributed by atoms with Gasteiger partial charge in [-0.25, -0.2) is 0 Å². The van der Waals surface area contributed by atoms with E-state index in [1.54, 1.807) is 48.5 Å². The topological polar surface area (TPSA) is 75.3 Å². The number of ketones is 1. The molecule has 2 aromatic carbocycles. The van der Waals surface area contributed by atoms with Crippen molar-refractivity contribution in [1.29, 1.82) is 0 Å². The first-order valence-corrected chi connectivity index (χ1v) is 8.16. The van der Waals surface area contributed by atoms with Crippen LogP contribution in [0.3, 0.4) is 0 Å². The highest BCUT2D eigenvalue weighted by atomic mass is 35.5. The Morgan fingerprint density at radius 3 is 2.28 bits per heavy atom. The molecule has 5 nitrogen and oxygen atoms in total. The van der Waals surface area contributed by atoms with Gasteiger partial charge in [0.25, 0.3) is 0 Å². The van der Waals surface area contributed by atoms with Crippen LogP contribution in [0.4, 0.5) is 5.69 Å². The second kappa shape index (κ2) is 8.44. The first-order valence-electron chi connectivity index (χ1n) is 7.78. The molecule has 0 heterocycles. The molecule has 2 amide bonds. The van der Waals surface area contributed by atoms with Crippen LogP contribution in [0.25, 0.3) is 0 Å². The van der Waals surface area contributed by atoms with Crippen LogP contribution in [0, 0.1) is 0 Å². The molecule has 0 saturated heterocycles. The average Bonchev–Trinajstić information content (AvgIpc) is 2.54. The highest BCUT2D eigenvalue weighted by Crippen LogP contribution is 2.21. The number of nitrogens with one attached hydrogen (secondary N) is 2.